The molecule has 0 spiro atoms. The van der Waals surface area contributed by atoms with Crippen LogP contribution in [0.2, 0.25) is 0 Å². The second kappa shape index (κ2) is 3.70. The third kappa shape index (κ3) is 2.50. The summed E-state index contributed by atoms with van der Waals surface area (Å²) in [6, 6.07) is 2.05. The van der Waals surface area contributed by atoms with Crippen molar-refractivity contribution in [3.63, 3.8) is 0 Å². The molecule has 6 N–H and O–H groups in total. The lowest BCUT2D eigenvalue weighted by Gasteiger charge is -2.08. The van der Waals surface area contributed by atoms with Gasteiger partial charge in [-0.25, -0.2) is 27.1 Å². The van der Waals surface area contributed by atoms with Gasteiger partial charge in [-0.1, -0.05) is 0 Å². The third-order valence-electron chi connectivity index (χ3n) is 1.92. The average molecular weight is 265 g/mol. The van der Waals surface area contributed by atoms with E-state index in [2.05, 4.69) is 0 Å². The van der Waals surface area contributed by atoms with Crippen LogP contribution >= 0.6 is 0 Å². The summed E-state index contributed by atoms with van der Waals surface area (Å²) in [5, 5.41) is 9.79. The molecule has 0 unspecified atom stereocenters. The Morgan fingerprint density at radius 1 is 0.938 bits per heavy atom. The highest BCUT2D eigenvalue weighted by atomic mass is 32.2. The van der Waals surface area contributed by atoms with Crippen molar-refractivity contribution >= 4 is 25.7 Å². The van der Waals surface area contributed by atoms with Crippen LogP contribution < -0.4 is 16.0 Å². The van der Waals surface area contributed by atoms with Crippen molar-refractivity contribution in [3.05, 3.63) is 17.7 Å². The highest BCUT2D eigenvalue weighted by molar-refractivity contribution is 7.90. The van der Waals surface area contributed by atoms with Crippen LogP contribution in [0.25, 0.3) is 0 Å². The minimum atomic E-state index is -4.08. The molecule has 0 radical (unpaired) electrons. The molecule has 0 saturated heterocycles. The fourth-order valence-corrected chi connectivity index (χ4v) is 2.78. The number of hydrogen-bond acceptors (Lipinski definition) is 5. The first-order valence-electron chi connectivity index (χ1n) is 3.99. The highest BCUT2D eigenvalue weighted by Gasteiger charge is 2.19. The predicted molar refractivity (Wildman–Crippen MR) is 58.3 cm³/mol. The molecular weight excluding hydrogens is 254 g/mol. The number of hydrogen-bond donors (Lipinski definition) is 3. The molecule has 1 rings (SSSR count). The predicted octanol–water partition coefficient (Wildman–Crippen LogP) is -1.13. The number of nitrogens with two attached hydrogens (primary N) is 3. The van der Waals surface area contributed by atoms with Crippen LogP contribution in [0.1, 0.15) is 5.56 Å². The van der Waals surface area contributed by atoms with Crippen LogP contribution in [-0.4, -0.2) is 16.8 Å². The van der Waals surface area contributed by atoms with Crippen molar-refractivity contribution in [2.45, 2.75) is 16.7 Å². The molecule has 7 nitrogen and oxygen atoms in total. The van der Waals surface area contributed by atoms with Crippen molar-refractivity contribution in [2.24, 2.45) is 10.3 Å². The first kappa shape index (κ1) is 12.9. The SMILES string of the molecule is Cc1cc(N)c(S(N)(=O)=O)cc1S(N)(=O)=O. The van der Waals surface area contributed by atoms with Gasteiger partial charge in [0.25, 0.3) is 0 Å². The Bertz CT molecular complexity index is 581. The van der Waals surface area contributed by atoms with E-state index in [0.717, 1.165) is 6.07 Å². The van der Waals surface area contributed by atoms with E-state index in [0.29, 0.717) is 0 Å². The molecular formula is C7H11N3O4S2. The highest BCUT2D eigenvalue weighted by Crippen LogP contribution is 2.24. The van der Waals surface area contributed by atoms with E-state index in [9.17, 15) is 16.8 Å². The summed E-state index contributed by atoms with van der Waals surface area (Å²) in [5.74, 6) is 0. The number of aryl methyl sites for hydroxylation is 1. The summed E-state index contributed by atoms with van der Waals surface area (Å²) >= 11 is 0. The van der Waals surface area contributed by atoms with Gasteiger partial charge in [0.1, 0.15) is 4.90 Å². The third-order valence-corrected chi connectivity index (χ3v) is 3.94. The molecule has 0 saturated carbocycles. The van der Waals surface area contributed by atoms with Crippen LogP contribution in [-0.2, 0) is 20.0 Å². The first-order valence-corrected chi connectivity index (χ1v) is 7.08. The standard InChI is InChI=1S/C7H11N3O4S2/c1-4-2-5(8)7(16(10,13)14)3-6(4)15(9,11)12/h2-3H,8H2,1H3,(H2,9,11,12)(H2,10,13,14). The van der Waals surface area contributed by atoms with Gasteiger partial charge in [-0.05, 0) is 24.6 Å². The number of nitrogen functional groups attached to an aromatic ring is 1. The molecule has 0 aliphatic heterocycles. The second-order valence-electron chi connectivity index (χ2n) is 3.25. The molecule has 1 aromatic rings. The largest absolute Gasteiger partial charge is 0.398 e. The van der Waals surface area contributed by atoms with Gasteiger partial charge in [0.2, 0.25) is 20.0 Å². The Morgan fingerprint density at radius 2 is 1.38 bits per heavy atom. The lowest BCUT2D eigenvalue weighted by Crippen LogP contribution is -2.18. The lowest BCUT2D eigenvalue weighted by atomic mass is 10.2. The molecule has 0 fully saturated rings. The summed E-state index contributed by atoms with van der Waals surface area (Å²) in [7, 11) is -8.09. The van der Waals surface area contributed by atoms with E-state index in [4.69, 9.17) is 16.0 Å². The molecule has 90 valence electrons. The fraction of sp³-hybridized carbons (Fsp3) is 0.143. The van der Waals surface area contributed by atoms with Gasteiger partial charge in [-0.3, -0.25) is 0 Å². The van der Waals surface area contributed by atoms with Gasteiger partial charge in [0.05, 0.1) is 10.6 Å². The van der Waals surface area contributed by atoms with Crippen molar-refractivity contribution in [1.29, 1.82) is 0 Å². The van der Waals surface area contributed by atoms with E-state index in [1.165, 1.54) is 13.0 Å². The molecule has 1 aromatic carbocycles. The molecule has 0 aliphatic carbocycles. The normalized spacial score (nSPS) is 12.7. The van der Waals surface area contributed by atoms with Crippen LogP contribution in [0.3, 0.4) is 0 Å². The molecule has 0 amide bonds. The summed E-state index contributed by atoms with van der Waals surface area (Å²) < 4.78 is 44.5. The van der Waals surface area contributed by atoms with Crippen LogP contribution in [0.5, 0.6) is 0 Å². The van der Waals surface area contributed by atoms with Crippen LogP contribution in [0.4, 0.5) is 5.69 Å². The molecule has 0 heterocycles. The van der Waals surface area contributed by atoms with Gasteiger partial charge < -0.3 is 5.73 Å². The molecule has 0 bridgehead atoms. The summed E-state index contributed by atoms with van der Waals surface area (Å²) in [5.41, 5.74) is 5.56. The fourth-order valence-electron chi connectivity index (χ4n) is 1.24. The van der Waals surface area contributed by atoms with Gasteiger partial charge in [-0.15, -0.1) is 0 Å². The van der Waals surface area contributed by atoms with Gasteiger partial charge in [0, 0.05) is 0 Å². The zero-order chi connectivity index (χ0) is 12.7. The Hall–Kier alpha value is -1.16. The quantitative estimate of drug-likeness (QED) is 0.579. The number of sulfonamides is 2. The monoisotopic (exact) mass is 265 g/mol. The van der Waals surface area contributed by atoms with Crippen molar-refractivity contribution < 1.29 is 16.8 Å². The minimum absolute atomic E-state index is 0.118. The number of anilines is 1. The average Bonchev–Trinajstić information content (AvgIpc) is 1.97. The number of primary sulfonamides is 2. The Kier molecular flexibility index (Phi) is 2.98. The number of benzene rings is 1. The lowest BCUT2D eigenvalue weighted by molar-refractivity contribution is 0.596. The molecule has 0 aliphatic rings. The summed E-state index contributed by atoms with van der Waals surface area (Å²) in [6.07, 6.45) is 0. The molecule has 16 heavy (non-hydrogen) atoms. The van der Waals surface area contributed by atoms with E-state index < -0.39 is 24.9 Å². The van der Waals surface area contributed by atoms with Crippen molar-refractivity contribution in [3.8, 4) is 0 Å². The van der Waals surface area contributed by atoms with E-state index in [1.807, 2.05) is 0 Å². The maximum atomic E-state index is 11.1. The topological polar surface area (TPSA) is 146 Å². The number of rotatable bonds is 2. The Morgan fingerprint density at radius 3 is 1.75 bits per heavy atom. The Labute approximate surface area is 93.3 Å². The van der Waals surface area contributed by atoms with Gasteiger partial charge in [0.15, 0.2) is 0 Å². The van der Waals surface area contributed by atoms with Gasteiger partial charge >= 0.3 is 0 Å². The van der Waals surface area contributed by atoms with Crippen LogP contribution in [0, 0.1) is 6.92 Å². The van der Waals surface area contributed by atoms with E-state index >= 15 is 0 Å². The Balaban J connectivity index is 3.72. The smallest absolute Gasteiger partial charge is 0.240 e. The van der Waals surface area contributed by atoms with E-state index in [1.54, 1.807) is 0 Å². The summed E-state index contributed by atoms with van der Waals surface area (Å²) in [4.78, 5) is -0.771. The second-order valence-corrected chi connectivity index (χ2v) is 6.31. The van der Waals surface area contributed by atoms with E-state index in [-0.39, 0.29) is 16.1 Å². The summed E-state index contributed by atoms with van der Waals surface area (Å²) in [6.45, 7) is 1.45. The molecule has 0 atom stereocenters. The maximum absolute atomic E-state index is 11.1. The molecule has 0 aromatic heterocycles. The van der Waals surface area contributed by atoms with Crippen molar-refractivity contribution in [2.75, 3.05) is 5.73 Å². The van der Waals surface area contributed by atoms with Crippen LogP contribution in [0.15, 0.2) is 21.9 Å². The zero-order valence-corrected chi connectivity index (χ0v) is 9.97. The first-order chi connectivity index (χ1) is 7.03. The zero-order valence-electron chi connectivity index (χ0n) is 8.34. The maximum Gasteiger partial charge on any atom is 0.240 e. The minimum Gasteiger partial charge on any atom is -0.398 e. The van der Waals surface area contributed by atoms with Gasteiger partial charge in [-0.2, -0.15) is 0 Å². The van der Waals surface area contributed by atoms with Crippen molar-refractivity contribution in [1.82, 2.24) is 0 Å². The molecule has 9 heteroatoms.